The third kappa shape index (κ3) is 2.25. The van der Waals surface area contributed by atoms with E-state index in [4.69, 9.17) is 1.37 Å². The van der Waals surface area contributed by atoms with Crippen LogP contribution in [0.25, 0.3) is 0 Å². The highest BCUT2D eigenvalue weighted by Gasteiger charge is 2.08. The van der Waals surface area contributed by atoms with Crippen molar-refractivity contribution in [3.8, 4) is 0 Å². The Balaban J connectivity index is 2.43. The number of aliphatic hydroxyl groups is 1. The topological polar surface area (TPSA) is 20.2 Å². The highest BCUT2D eigenvalue weighted by Crippen LogP contribution is 2.21. The monoisotopic (exact) mass is 199 g/mol. The van der Waals surface area contributed by atoms with E-state index in [2.05, 4.69) is 0 Å². The Labute approximate surface area is 91.4 Å². The summed E-state index contributed by atoms with van der Waals surface area (Å²) in [7, 11) is 0. The molecular weight excluding hydrogens is 184 g/mol. The first kappa shape index (κ1) is 8.69. The molecule has 0 aliphatic carbocycles. The molecule has 0 saturated carbocycles. The van der Waals surface area contributed by atoms with Gasteiger partial charge in [-0.3, -0.25) is 0 Å². The molecule has 1 atom stereocenters. The van der Waals surface area contributed by atoms with Crippen LogP contribution in [0.3, 0.4) is 0 Å². The van der Waals surface area contributed by atoms with Crippen molar-refractivity contribution in [2.24, 2.45) is 0 Å². The number of rotatable bonds is 2. The summed E-state index contributed by atoms with van der Waals surface area (Å²) in [5.74, 6) is 0. The van der Waals surface area contributed by atoms with E-state index in [-0.39, 0.29) is 0 Å². The Morgan fingerprint density at radius 2 is 1.47 bits per heavy atom. The Kier molecular flexibility index (Phi) is 2.48. The Hall–Kier alpha value is -1.60. The van der Waals surface area contributed by atoms with E-state index < -0.39 is 6.08 Å². The molecule has 0 aliphatic rings. The van der Waals surface area contributed by atoms with Crippen molar-refractivity contribution >= 4 is 0 Å². The van der Waals surface area contributed by atoms with Gasteiger partial charge in [0, 0.05) is 0 Å². The molecule has 1 heteroatoms. The van der Waals surface area contributed by atoms with Crippen molar-refractivity contribution in [3.63, 3.8) is 0 Å². The Bertz CT molecular complexity index is 460. The fourth-order valence-electron chi connectivity index (χ4n) is 1.47. The molecule has 0 heterocycles. The van der Waals surface area contributed by atoms with Crippen LogP contribution in [0.5, 0.6) is 0 Å². The van der Waals surface area contributed by atoms with E-state index in [9.17, 15) is 5.11 Å². The van der Waals surface area contributed by atoms with Gasteiger partial charge in [-0.2, -0.15) is 0 Å². The second kappa shape index (κ2) is 4.28. The van der Waals surface area contributed by atoms with Gasteiger partial charge in [0.15, 0.2) is 0 Å². The summed E-state index contributed by atoms with van der Waals surface area (Å²) in [5, 5.41) is 10.2. The molecule has 0 aliphatic heterocycles. The Morgan fingerprint density at radius 1 is 0.933 bits per heavy atom. The summed E-state index contributed by atoms with van der Waals surface area (Å²) in [4.78, 5) is 0. The maximum absolute atomic E-state index is 10.2. The minimum atomic E-state index is -1.67. The number of aryl methyl sites for hydroxylation is 1. The smallest absolute Gasteiger partial charge is 0.104 e. The van der Waals surface area contributed by atoms with Crippen LogP contribution in [0.1, 0.15) is 24.1 Å². The number of hydrogen-bond donors (Lipinski definition) is 1. The molecule has 15 heavy (non-hydrogen) atoms. The fraction of sp³-hybridized carbons (Fsp3) is 0.143. The second-order valence-corrected chi connectivity index (χ2v) is 3.58. The van der Waals surface area contributed by atoms with Crippen LogP contribution in [0.2, 0.25) is 0 Å². The van der Waals surface area contributed by atoms with Crippen molar-refractivity contribution in [2.45, 2.75) is 13.0 Å². The summed E-state index contributed by atoms with van der Waals surface area (Å²) in [6, 6.07) is 16.4. The van der Waals surface area contributed by atoms with Crippen LogP contribution in [0, 0.1) is 6.92 Å². The zero-order valence-corrected chi connectivity index (χ0v) is 8.64. The lowest BCUT2D eigenvalue weighted by Crippen LogP contribution is -1.98. The molecule has 0 aromatic heterocycles. The minimum absolute atomic E-state index is 0.582. The summed E-state index contributed by atoms with van der Waals surface area (Å²) in [5.41, 5.74) is 2.29. The molecule has 2 aromatic carbocycles. The molecule has 2 aromatic rings. The van der Waals surface area contributed by atoms with Gasteiger partial charge < -0.3 is 5.11 Å². The van der Waals surface area contributed by atoms with Crippen LogP contribution >= 0.6 is 0 Å². The maximum Gasteiger partial charge on any atom is 0.104 e. The molecular formula is C14H14O. The third-order valence-corrected chi connectivity index (χ3v) is 2.37. The average Bonchev–Trinajstić information content (AvgIpc) is 2.31. The van der Waals surface area contributed by atoms with Crippen LogP contribution in [0.4, 0.5) is 0 Å². The van der Waals surface area contributed by atoms with Crippen molar-refractivity contribution in [2.75, 3.05) is 0 Å². The van der Waals surface area contributed by atoms with Crippen LogP contribution in [-0.2, 0) is 0 Å². The first-order chi connectivity index (χ1) is 7.60. The van der Waals surface area contributed by atoms with Crippen molar-refractivity contribution in [1.29, 1.82) is 0 Å². The predicted octanol–water partition coefficient (Wildman–Crippen LogP) is 3.08. The maximum atomic E-state index is 10.2. The van der Waals surface area contributed by atoms with Gasteiger partial charge in [0.1, 0.15) is 6.08 Å². The zero-order chi connectivity index (χ0) is 11.6. The zero-order valence-electron chi connectivity index (χ0n) is 9.64. The molecule has 1 nitrogen and oxygen atoms in total. The lowest BCUT2D eigenvalue weighted by molar-refractivity contribution is 0.220. The Morgan fingerprint density at radius 3 is 2.07 bits per heavy atom. The van der Waals surface area contributed by atoms with Gasteiger partial charge in [-0.25, -0.2) is 0 Å². The lowest BCUT2D eigenvalue weighted by Gasteiger charge is -2.11. The molecule has 1 unspecified atom stereocenters. The molecule has 0 saturated heterocycles. The predicted molar refractivity (Wildman–Crippen MR) is 61.7 cm³/mol. The number of hydrogen-bond acceptors (Lipinski definition) is 1. The lowest BCUT2D eigenvalue weighted by atomic mass is 10.0. The largest absolute Gasteiger partial charge is 0.384 e. The molecule has 76 valence electrons. The van der Waals surface area contributed by atoms with E-state index in [1.165, 1.54) is 0 Å². The molecule has 0 fully saturated rings. The summed E-state index contributed by atoms with van der Waals surface area (Å²) in [6.45, 7) is 1.98. The third-order valence-electron chi connectivity index (χ3n) is 2.37. The molecule has 2 rings (SSSR count). The first-order valence-corrected chi connectivity index (χ1v) is 4.96. The van der Waals surface area contributed by atoms with Crippen molar-refractivity contribution < 1.29 is 6.48 Å². The summed E-state index contributed by atoms with van der Waals surface area (Å²) in [6.07, 6.45) is -1.67. The standard InChI is InChI=1S/C14H14O/c1-11-7-9-13(10-8-11)14(15)12-5-3-2-4-6-12/h2-10,14-15H,1H3/i14D. The van der Waals surface area contributed by atoms with Gasteiger partial charge in [-0.1, -0.05) is 60.2 Å². The van der Waals surface area contributed by atoms with E-state index in [0.717, 1.165) is 5.56 Å². The second-order valence-electron chi connectivity index (χ2n) is 3.58. The highest BCUT2D eigenvalue weighted by atomic mass is 16.3. The summed E-state index contributed by atoms with van der Waals surface area (Å²) < 4.78 is 8.03. The van der Waals surface area contributed by atoms with Crippen LogP contribution in [-0.4, -0.2) is 5.11 Å². The molecule has 0 amide bonds. The van der Waals surface area contributed by atoms with Crippen molar-refractivity contribution in [1.82, 2.24) is 0 Å². The van der Waals surface area contributed by atoms with Gasteiger partial charge in [-0.15, -0.1) is 0 Å². The quantitative estimate of drug-likeness (QED) is 0.788. The average molecular weight is 199 g/mol. The van der Waals surface area contributed by atoms with Crippen LogP contribution in [0.15, 0.2) is 54.6 Å². The van der Waals surface area contributed by atoms with E-state index in [0.29, 0.717) is 11.1 Å². The van der Waals surface area contributed by atoms with E-state index in [1.54, 1.807) is 24.3 Å². The van der Waals surface area contributed by atoms with E-state index >= 15 is 0 Å². The van der Waals surface area contributed by atoms with Gasteiger partial charge in [0.25, 0.3) is 0 Å². The molecule has 1 N–H and O–H groups in total. The SMILES string of the molecule is [2H]C(O)(c1ccccc1)c1ccc(C)cc1. The van der Waals surface area contributed by atoms with E-state index in [1.807, 2.05) is 37.3 Å². The highest BCUT2D eigenvalue weighted by molar-refractivity contribution is 5.31. The molecule has 0 radical (unpaired) electrons. The first-order valence-electron chi connectivity index (χ1n) is 5.46. The van der Waals surface area contributed by atoms with Gasteiger partial charge >= 0.3 is 0 Å². The van der Waals surface area contributed by atoms with Gasteiger partial charge in [0.2, 0.25) is 0 Å². The molecule has 0 bridgehead atoms. The summed E-state index contributed by atoms with van der Waals surface area (Å²) >= 11 is 0. The van der Waals surface area contributed by atoms with Gasteiger partial charge in [0.05, 0.1) is 1.37 Å². The van der Waals surface area contributed by atoms with Gasteiger partial charge in [-0.05, 0) is 18.1 Å². The van der Waals surface area contributed by atoms with Crippen LogP contribution < -0.4 is 0 Å². The molecule has 0 spiro atoms. The van der Waals surface area contributed by atoms with Crippen molar-refractivity contribution in [3.05, 3.63) is 71.3 Å². The minimum Gasteiger partial charge on any atom is -0.384 e. The normalized spacial score (nSPS) is 15.5. The fourth-order valence-corrected chi connectivity index (χ4v) is 1.47. The number of benzene rings is 2.